The molecule has 0 bridgehead atoms. The lowest BCUT2D eigenvalue weighted by atomic mass is 9.96. The molecular weight excluding hydrogens is 402 g/mol. The number of thiophene rings is 1. The number of carbonyl (C=O) groups is 2. The van der Waals surface area contributed by atoms with E-state index in [4.69, 9.17) is 9.47 Å². The van der Waals surface area contributed by atoms with Crippen molar-refractivity contribution in [1.82, 2.24) is 10.2 Å². The van der Waals surface area contributed by atoms with Gasteiger partial charge in [0.05, 0.1) is 24.7 Å². The highest BCUT2D eigenvalue weighted by Gasteiger charge is 2.31. The van der Waals surface area contributed by atoms with Crippen molar-refractivity contribution in [2.75, 3.05) is 51.4 Å². The van der Waals surface area contributed by atoms with Gasteiger partial charge < -0.3 is 20.1 Å². The van der Waals surface area contributed by atoms with Gasteiger partial charge in [-0.25, -0.2) is 0 Å². The predicted octanol–water partition coefficient (Wildman–Crippen LogP) is 2.47. The Bertz CT molecular complexity index is 829. The first-order valence-electron chi connectivity index (χ1n) is 10.3. The van der Waals surface area contributed by atoms with Crippen molar-refractivity contribution in [3.63, 3.8) is 0 Å². The van der Waals surface area contributed by atoms with E-state index in [2.05, 4.69) is 15.5 Å². The van der Waals surface area contributed by atoms with Gasteiger partial charge in [0.15, 0.2) is 0 Å². The van der Waals surface area contributed by atoms with Crippen molar-refractivity contribution < 1.29 is 19.1 Å². The highest BCUT2D eigenvalue weighted by atomic mass is 32.1. The smallest absolute Gasteiger partial charge is 0.265 e. The third-order valence-electron chi connectivity index (χ3n) is 5.65. The standard InChI is InChI=1S/C22H27N3O4S/c26-21(16-3-5-18(6-4-16)24-22(27)20-2-1-13-30-20)23-14-19(17-7-10-29-15-17)25-8-11-28-12-9-25/h1-6,13,17,19H,7-12,14-15H2,(H,23,26)(H,24,27). The maximum Gasteiger partial charge on any atom is 0.265 e. The molecule has 2 unspecified atom stereocenters. The topological polar surface area (TPSA) is 79.9 Å². The second kappa shape index (κ2) is 10.2. The summed E-state index contributed by atoms with van der Waals surface area (Å²) in [6.07, 6.45) is 1.02. The Hall–Kier alpha value is -2.26. The number of hydrogen-bond acceptors (Lipinski definition) is 6. The van der Waals surface area contributed by atoms with Crippen molar-refractivity contribution >= 4 is 28.8 Å². The van der Waals surface area contributed by atoms with Gasteiger partial charge in [0, 0.05) is 49.5 Å². The molecule has 1 aromatic carbocycles. The van der Waals surface area contributed by atoms with E-state index >= 15 is 0 Å². The highest BCUT2D eigenvalue weighted by molar-refractivity contribution is 7.12. The molecule has 7 nitrogen and oxygen atoms in total. The van der Waals surface area contributed by atoms with Crippen LogP contribution in [0, 0.1) is 5.92 Å². The lowest BCUT2D eigenvalue weighted by Gasteiger charge is -2.37. The minimum Gasteiger partial charge on any atom is -0.381 e. The Morgan fingerprint density at radius 2 is 1.87 bits per heavy atom. The van der Waals surface area contributed by atoms with E-state index in [9.17, 15) is 9.59 Å². The fourth-order valence-electron chi connectivity index (χ4n) is 3.96. The van der Waals surface area contributed by atoms with Gasteiger partial charge in [-0.05, 0) is 42.1 Å². The number of ether oxygens (including phenoxy) is 2. The number of rotatable bonds is 7. The van der Waals surface area contributed by atoms with Crippen molar-refractivity contribution in [2.24, 2.45) is 5.92 Å². The van der Waals surface area contributed by atoms with Crippen molar-refractivity contribution in [2.45, 2.75) is 12.5 Å². The minimum atomic E-state index is -0.144. The van der Waals surface area contributed by atoms with Gasteiger partial charge in [-0.1, -0.05) is 6.07 Å². The average Bonchev–Trinajstić information content (AvgIpc) is 3.50. The molecule has 4 rings (SSSR count). The lowest BCUT2D eigenvalue weighted by molar-refractivity contribution is 0.00166. The predicted molar refractivity (Wildman–Crippen MR) is 116 cm³/mol. The molecule has 2 saturated heterocycles. The Balaban J connectivity index is 1.33. The fraction of sp³-hybridized carbons (Fsp3) is 0.455. The van der Waals surface area contributed by atoms with Crippen molar-refractivity contribution in [1.29, 1.82) is 0 Å². The summed E-state index contributed by atoms with van der Waals surface area (Å²) < 4.78 is 11.1. The first-order valence-corrected chi connectivity index (χ1v) is 11.2. The lowest BCUT2D eigenvalue weighted by Crippen LogP contribution is -2.52. The van der Waals surface area contributed by atoms with Crippen LogP contribution in [0.1, 0.15) is 26.5 Å². The molecule has 2 N–H and O–H groups in total. The zero-order valence-corrected chi connectivity index (χ0v) is 17.7. The highest BCUT2D eigenvalue weighted by Crippen LogP contribution is 2.22. The van der Waals surface area contributed by atoms with Crippen molar-refractivity contribution in [3.05, 3.63) is 52.2 Å². The molecule has 2 fully saturated rings. The third-order valence-corrected chi connectivity index (χ3v) is 6.51. The van der Waals surface area contributed by atoms with Gasteiger partial charge in [0.25, 0.3) is 11.8 Å². The van der Waals surface area contributed by atoms with Crippen LogP contribution in [-0.4, -0.2) is 68.8 Å². The number of hydrogen-bond donors (Lipinski definition) is 2. The normalized spacial score (nSPS) is 20.6. The number of carbonyl (C=O) groups excluding carboxylic acids is 2. The van der Waals surface area contributed by atoms with Crippen LogP contribution >= 0.6 is 11.3 Å². The zero-order chi connectivity index (χ0) is 20.8. The molecule has 2 atom stereocenters. The molecule has 1 aromatic heterocycles. The maximum absolute atomic E-state index is 12.7. The number of morpholine rings is 1. The van der Waals surface area contributed by atoms with E-state index in [1.807, 2.05) is 11.4 Å². The van der Waals surface area contributed by atoms with Crippen LogP contribution in [0.4, 0.5) is 5.69 Å². The van der Waals surface area contributed by atoms with Gasteiger partial charge in [0.1, 0.15) is 0 Å². The summed E-state index contributed by atoms with van der Waals surface area (Å²) in [7, 11) is 0. The Morgan fingerprint density at radius 1 is 1.07 bits per heavy atom. The molecule has 8 heteroatoms. The SMILES string of the molecule is O=C(NCC(C1CCOC1)N1CCOCC1)c1ccc(NC(=O)c2cccs2)cc1. The molecule has 30 heavy (non-hydrogen) atoms. The van der Waals surface area contributed by atoms with Crippen LogP contribution in [0.15, 0.2) is 41.8 Å². The van der Waals surface area contributed by atoms with Crippen LogP contribution < -0.4 is 10.6 Å². The van der Waals surface area contributed by atoms with Crippen LogP contribution in [0.5, 0.6) is 0 Å². The van der Waals surface area contributed by atoms with Gasteiger partial charge >= 0.3 is 0 Å². The molecule has 0 saturated carbocycles. The fourth-order valence-corrected chi connectivity index (χ4v) is 4.58. The molecule has 160 valence electrons. The minimum absolute atomic E-state index is 0.108. The summed E-state index contributed by atoms with van der Waals surface area (Å²) in [5.41, 5.74) is 1.24. The van der Waals surface area contributed by atoms with E-state index in [0.29, 0.717) is 28.6 Å². The largest absolute Gasteiger partial charge is 0.381 e. The summed E-state index contributed by atoms with van der Waals surface area (Å²) in [6.45, 7) is 5.36. The Kier molecular flexibility index (Phi) is 7.11. The van der Waals surface area contributed by atoms with E-state index in [1.165, 1.54) is 11.3 Å². The molecule has 2 aliphatic rings. The quantitative estimate of drug-likeness (QED) is 0.707. The van der Waals surface area contributed by atoms with Gasteiger partial charge in [0.2, 0.25) is 0 Å². The molecule has 2 aliphatic heterocycles. The number of amides is 2. The van der Waals surface area contributed by atoms with Gasteiger partial charge in [-0.15, -0.1) is 11.3 Å². The average molecular weight is 430 g/mol. The van der Waals surface area contributed by atoms with Gasteiger partial charge in [-0.2, -0.15) is 0 Å². The van der Waals surface area contributed by atoms with Gasteiger partial charge in [-0.3, -0.25) is 14.5 Å². The molecule has 2 aromatic rings. The summed E-state index contributed by atoms with van der Waals surface area (Å²) in [6, 6.07) is 10.9. The van der Waals surface area contributed by atoms with Crippen molar-refractivity contribution in [3.8, 4) is 0 Å². The van der Waals surface area contributed by atoms with Crippen LogP contribution in [0.2, 0.25) is 0 Å². The summed E-state index contributed by atoms with van der Waals surface area (Å²) >= 11 is 1.39. The van der Waals surface area contributed by atoms with E-state index in [1.54, 1.807) is 30.3 Å². The molecule has 2 amide bonds. The molecule has 0 aliphatic carbocycles. The van der Waals surface area contributed by atoms with E-state index in [0.717, 1.165) is 45.9 Å². The first-order chi connectivity index (χ1) is 14.7. The molecule has 0 spiro atoms. The summed E-state index contributed by atoms with van der Waals surface area (Å²) in [4.78, 5) is 27.9. The number of anilines is 1. The van der Waals surface area contributed by atoms with Crippen LogP contribution in [0.3, 0.4) is 0 Å². The second-order valence-corrected chi connectivity index (χ2v) is 8.51. The Morgan fingerprint density at radius 3 is 2.53 bits per heavy atom. The Labute approximate surface area is 180 Å². The second-order valence-electron chi connectivity index (χ2n) is 7.56. The maximum atomic E-state index is 12.7. The number of nitrogens with zero attached hydrogens (tertiary/aromatic N) is 1. The van der Waals surface area contributed by atoms with Crippen LogP contribution in [0.25, 0.3) is 0 Å². The zero-order valence-electron chi connectivity index (χ0n) is 16.8. The first kappa shape index (κ1) is 21.0. The number of benzene rings is 1. The van der Waals surface area contributed by atoms with E-state index in [-0.39, 0.29) is 17.9 Å². The number of nitrogens with one attached hydrogen (secondary N) is 2. The summed E-state index contributed by atoms with van der Waals surface area (Å²) in [5, 5.41) is 7.81. The third kappa shape index (κ3) is 5.26. The monoisotopic (exact) mass is 429 g/mol. The molecule has 3 heterocycles. The van der Waals surface area contributed by atoms with Crippen LogP contribution in [-0.2, 0) is 9.47 Å². The molecular formula is C22H27N3O4S. The molecule has 0 radical (unpaired) electrons. The van der Waals surface area contributed by atoms with E-state index < -0.39 is 0 Å². The summed E-state index contributed by atoms with van der Waals surface area (Å²) in [5.74, 6) is 0.177.